The predicted octanol–water partition coefficient (Wildman–Crippen LogP) is 3.32. The van der Waals surface area contributed by atoms with E-state index in [1.807, 2.05) is 32.9 Å². The molecule has 29 heavy (non-hydrogen) atoms. The zero-order valence-corrected chi connectivity index (χ0v) is 16.9. The molecule has 0 aliphatic heterocycles. The maximum atomic E-state index is 12.7. The molecule has 3 aromatic rings. The molecule has 0 aliphatic carbocycles. The third-order valence-electron chi connectivity index (χ3n) is 4.79. The summed E-state index contributed by atoms with van der Waals surface area (Å²) in [6.45, 7) is 5.76. The van der Waals surface area contributed by atoms with Gasteiger partial charge in [0.2, 0.25) is 0 Å². The second kappa shape index (κ2) is 8.18. The molecule has 0 fully saturated rings. The van der Waals surface area contributed by atoms with Crippen molar-refractivity contribution in [3.63, 3.8) is 0 Å². The van der Waals surface area contributed by atoms with Gasteiger partial charge < -0.3 is 9.84 Å². The Balaban J connectivity index is 1.82. The Morgan fingerprint density at radius 1 is 1.28 bits per heavy atom. The summed E-state index contributed by atoms with van der Waals surface area (Å²) in [6, 6.07) is 6.33. The van der Waals surface area contributed by atoms with E-state index in [0.717, 1.165) is 22.8 Å². The second-order valence-electron chi connectivity index (χ2n) is 6.90. The third-order valence-corrected chi connectivity index (χ3v) is 5.09. The molecule has 1 aromatic heterocycles. The zero-order chi connectivity index (χ0) is 21.3. The van der Waals surface area contributed by atoms with Gasteiger partial charge in [-0.05, 0) is 43.5 Å². The molecule has 9 heteroatoms. The minimum Gasteiger partial charge on any atom is -0.490 e. The number of hydrogen-bond donors (Lipinski definition) is 1. The summed E-state index contributed by atoms with van der Waals surface area (Å²) in [5.41, 5.74) is 2.40. The highest BCUT2D eigenvalue weighted by atomic mass is 35.5. The SMILES string of the molecule is Cc1ccc(C)c(OC[C@H](O)Cn2cnc3cc(Cl)c([N+](=O)[O-])cc3c2=O)c1C. The quantitative estimate of drug-likeness (QED) is 0.487. The van der Waals surface area contributed by atoms with E-state index in [0.29, 0.717) is 5.75 Å². The first-order valence-corrected chi connectivity index (χ1v) is 9.27. The number of fused-ring (bicyclic) bond motifs is 1. The fourth-order valence-corrected chi connectivity index (χ4v) is 3.27. The lowest BCUT2D eigenvalue weighted by Crippen LogP contribution is -2.30. The van der Waals surface area contributed by atoms with Crippen molar-refractivity contribution < 1.29 is 14.8 Å². The maximum Gasteiger partial charge on any atom is 0.288 e. The number of aromatic nitrogens is 2. The lowest BCUT2D eigenvalue weighted by Gasteiger charge is -2.17. The average molecular weight is 418 g/mol. The van der Waals surface area contributed by atoms with Gasteiger partial charge in [-0.2, -0.15) is 0 Å². The van der Waals surface area contributed by atoms with Crippen LogP contribution < -0.4 is 10.3 Å². The monoisotopic (exact) mass is 417 g/mol. The number of aliphatic hydroxyl groups is 1. The molecule has 0 amide bonds. The number of benzene rings is 2. The number of rotatable bonds is 6. The van der Waals surface area contributed by atoms with Crippen molar-refractivity contribution in [2.75, 3.05) is 6.61 Å². The van der Waals surface area contributed by atoms with Crippen LogP contribution in [0.2, 0.25) is 5.02 Å². The third kappa shape index (κ3) is 4.23. The number of halogens is 1. The smallest absolute Gasteiger partial charge is 0.288 e. The normalized spacial score (nSPS) is 12.2. The summed E-state index contributed by atoms with van der Waals surface area (Å²) in [7, 11) is 0. The summed E-state index contributed by atoms with van der Waals surface area (Å²) in [5.74, 6) is 0.707. The zero-order valence-electron chi connectivity index (χ0n) is 16.2. The first-order chi connectivity index (χ1) is 13.7. The lowest BCUT2D eigenvalue weighted by molar-refractivity contribution is -0.384. The number of aliphatic hydroxyl groups excluding tert-OH is 1. The molecule has 0 aliphatic rings. The first kappa shape index (κ1) is 20.8. The first-order valence-electron chi connectivity index (χ1n) is 8.89. The molecule has 1 N–H and O–H groups in total. The Hall–Kier alpha value is -2.97. The summed E-state index contributed by atoms with van der Waals surface area (Å²) >= 11 is 5.86. The van der Waals surface area contributed by atoms with E-state index in [2.05, 4.69) is 4.98 Å². The van der Waals surface area contributed by atoms with Crippen molar-refractivity contribution in [2.45, 2.75) is 33.4 Å². The Morgan fingerprint density at radius 3 is 2.66 bits per heavy atom. The van der Waals surface area contributed by atoms with Gasteiger partial charge in [-0.3, -0.25) is 19.5 Å². The fourth-order valence-electron chi connectivity index (χ4n) is 3.05. The van der Waals surface area contributed by atoms with E-state index < -0.39 is 16.6 Å². The molecule has 0 saturated carbocycles. The van der Waals surface area contributed by atoms with Crippen LogP contribution in [0, 0.1) is 30.9 Å². The van der Waals surface area contributed by atoms with E-state index in [4.69, 9.17) is 16.3 Å². The van der Waals surface area contributed by atoms with Gasteiger partial charge in [-0.15, -0.1) is 0 Å². The summed E-state index contributed by atoms with van der Waals surface area (Å²) in [6.07, 6.45) is 0.299. The van der Waals surface area contributed by atoms with Crippen molar-refractivity contribution in [3.05, 3.63) is 72.8 Å². The molecule has 0 bridgehead atoms. The highest BCUT2D eigenvalue weighted by molar-refractivity contribution is 6.33. The van der Waals surface area contributed by atoms with Gasteiger partial charge in [0, 0.05) is 6.07 Å². The largest absolute Gasteiger partial charge is 0.490 e. The number of ether oxygens (including phenoxy) is 1. The van der Waals surface area contributed by atoms with Crippen LogP contribution in [0.15, 0.2) is 35.4 Å². The molecule has 0 spiro atoms. The number of hydrogen-bond acceptors (Lipinski definition) is 6. The van der Waals surface area contributed by atoms with Crippen LogP contribution in [-0.2, 0) is 6.54 Å². The molecule has 2 aromatic carbocycles. The van der Waals surface area contributed by atoms with Crippen molar-refractivity contribution in [2.24, 2.45) is 0 Å². The van der Waals surface area contributed by atoms with E-state index in [9.17, 15) is 20.0 Å². The van der Waals surface area contributed by atoms with Crippen LogP contribution in [-0.4, -0.2) is 32.3 Å². The van der Waals surface area contributed by atoms with Crippen LogP contribution in [0.1, 0.15) is 16.7 Å². The minimum atomic E-state index is -0.978. The Kier molecular flexibility index (Phi) is 5.86. The van der Waals surface area contributed by atoms with Gasteiger partial charge in [0.25, 0.3) is 11.2 Å². The van der Waals surface area contributed by atoms with E-state index in [1.165, 1.54) is 17.0 Å². The lowest BCUT2D eigenvalue weighted by atomic mass is 10.1. The molecule has 3 rings (SSSR count). The summed E-state index contributed by atoms with van der Waals surface area (Å²) in [5, 5.41) is 21.4. The molecule has 152 valence electrons. The van der Waals surface area contributed by atoms with Gasteiger partial charge in [-0.1, -0.05) is 23.7 Å². The number of aryl methyl sites for hydroxylation is 2. The molecule has 8 nitrogen and oxygen atoms in total. The van der Waals surface area contributed by atoms with Crippen LogP contribution in [0.25, 0.3) is 10.9 Å². The van der Waals surface area contributed by atoms with Crippen molar-refractivity contribution in [3.8, 4) is 5.75 Å². The van der Waals surface area contributed by atoms with Gasteiger partial charge in [-0.25, -0.2) is 4.98 Å². The van der Waals surface area contributed by atoms with Gasteiger partial charge in [0.1, 0.15) is 23.5 Å². The average Bonchev–Trinajstić information content (AvgIpc) is 2.66. The molecule has 0 unspecified atom stereocenters. The molecule has 1 heterocycles. The van der Waals surface area contributed by atoms with Crippen LogP contribution in [0.5, 0.6) is 5.75 Å². The van der Waals surface area contributed by atoms with Gasteiger partial charge >= 0.3 is 0 Å². The van der Waals surface area contributed by atoms with Crippen molar-refractivity contribution in [1.82, 2.24) is 9.55 Å². The highest BCUT2D eigenvalue weighted by Crippen LogP contribution is 2.28. The second-order valence-corrected chi connectivity index (χ2v) is 7.31. The minimum absolute atomic E-state index is 0.0175. The summed E-state index contributed by atoms with van der Waals surface area (Å²) in [4.78, 5) is 27.2. The Bertz CT molecular complexity index is 1160. The Morgan fingerprint density at radius 2 is 1.97 bits per heavy atom. The highest BCUT2D eigenvalue weighted by Gasteiger charge is 2.18. The van der Waals surface area contributed by atoms with E-state index in [-0.39, 0.29) is 34.8 Å². The molecule has 0 radical (unpaired) electrons. The number of nitro benzene ring substituents is 1. The van der Waals surface area contributed by atoms with Crippen LogP contribution in [0.3, 0.4) is 0 Å². The number of nitro groups is 1. The predicted molar refractivity (Wildman–Crippen MR) is 110 cm³/mol. The van der Waals surface area contributed by atoms with Crippen molar-refractivity contribution >= 4 is 28.2 Å². The van der Waals surface area contributed by atoms with E-state index in [1.54, 1.807) is 0 Å². The van der Waals surface area contributed by atoms with Crippen LogP contribution >= 0.6 is 11.6 Å². The maximum absolute atomic E-state index is 12.7. The van der Waals surface area contributed by atoms with Gasteiger partial charge in [0.05, 0.1) is 28.7 Å². The fraction of sp³-hybridized carbons (Fsp3) is 0.300. The van der Waals surface area contributed by atoms with E-state index >= 15 is 0 Å². The Labute approximate surface area is 171 Å². The summed E-state index contributed by atoms with van der Waals surface area (Å²) < 4.78 is 6.98. The van der Waals surface area contributed by atoms with Gasteiger partial charge in [0.15, 0.2) is 0 Å². The molecular formula is C20H20ClN3O5. The standard InChI is InChI=1S/C20H20ClN3O5/c1-11-4-5-12(2)19(13(11)3)29-9-14(25)8-23-10-22-17-7-16(21)18(24(27)28)6-15(17)20(23)26/h4-7,10,14,25H,8-9H2,1-3H3/t14-/m1/s1. The van der Waals surface area contributed by atoms with Crippen molar-refractivity contribution in [1.29, 1.82) is 0 Å². The topological polar surface area (TPSA) is 107 Å². The number of nitrogens with zero attached hydrogens (tertiary/aromatic N) is 3. The molecule has 1 atom stereocenters. The molecular weight excluding hydrogens is 398 g/mol. The van der Waals surface area contributed by atoms with Crippen LogP contribution in [0.4, 0.5) is 5.69 Å². The molecule has 0 saturated heterocycles.